The van der Waals surface area contributed by atoms with Crippen LogP contribution >= 0.6 is 27.3 Å². The number of hydrogen-bond acceptors (Lipinski definition) is 2. The van der Waals surface area contributed by atoms with Crippen LogP contribution in [0.3, 0.4) is 0 Å². The molecule has 98 valence electrons. The maximum atomic E-state index is 12.7. The molecule has 0 aliphatic heterocycles. The van der Waals surface area contributed by atoms with E-state index in [0.29, 0.717) is 12.2 Å². The molecule has 0 spiro atoms. The molecule has 1 nitrogen and oxygen atoms in total. The van der Waals surface area contributed by atoms with E-state index in [0.717, 1.165) is 28.6 Å². The highest BCUT2D eigenvalue weighted by Crippen LogP contribution is 2.45. The number of carbonyl (C=O) groups is 1. The lowest BCUT2D eigenvalue weighted by molar-refractivity contribution is -0.126. The summed E-state index contributed by atoms with van der Waals surface area (Å²) in [4.78, 5) is 13.9. The van der Waals surface area contributed by atoms with Gasteiger partial charge in [-0.15, -0.1) is 11.3 Å². The first-order chi connectivity index (χ1) is 9.21. The molecule has 0 N–H and O–H groups in total. The van der Waals surface area contributed by atoms with Gasteiger partial charge < -0.3 is 0 Å². The molecular weight excluding hydrogens is 320 g/mol. The van der Waals surface area contributed by atoms with E-state index in [1.54, 1.807) is 11.3 Å². The Morgan fingerprint density at radius 2 is 2.00 bits per heavy atom. The van der Waals surface area contributed by atoms with E-state index in [4.69, 9.17) is 0 Å². The van der Waals surface area contributed by atoms with Crippen molar-refractivity contribution in [3.05, 3.63) is 56.7 Å². The molecule has 1 aliphatic rings. The van der Waals surface area contributed by atoms with Crippen molar-refractivity contribution in [1.82, 2.24) is 0 Å². The fourth-order valence-electron chi connectivity index (χ4n) is 2.79. The van der Waals surface area contributed by atoms with Gasteiger partial charge in [0.2, 0.25) is 0 Å². The lowest BCUT2D eigenvalue weighted by Gasteiger charge is -2.41. The van der Waals surface area contributed by atoms with E-state index in [1.807, 2.05) is 23.6 Å². The Morgan fingerprint density at radius 3 is 2.53 bits per heavy atom. The van der Waals surface area contributed by atoms with Gasteiger partial charge in [0.1, 0.15) is 5.78 Å². The minimum Gasteiger partial charge on any atom is -0.298 e. The number of Topliss-reactive ketones (excluding diaryl/α,β-unsaturated/α-hetero) is 1. The Labute approximate surface area is 125 Å². The Bertz CT molecular complexity index is 584. The Kier molecular flexibility index (Phi) is 3.59. The molecule has 3 rings (SSSR count). The Balaban J connectivity index is 1.84. The van der Waals surface area contributed by atoms with E-state index in [9.17, 15) is 4.79 Å². The second-order valence-electron chi connectivity index (χ2n) is 5.13. The molecule has 1 aromatic heterocycles. The highest BCUT2D eigenvalue weighted by Gasteiger charge is 2.44. The summed E-state index contributed by atoms with van der Waals surface area (Å²) in [6, 6.07) is 12.3. The molecule has 0 saturated heterocycles. The van der Waals surface area contributed by atoms with Gasteiger partial charge in [-0.25, -0.2) is 0 Å². The van der Waals surface area contributed by atoms with Crippen LogP contribution in [0.1, 0.15) is 29.7 Å². The van der Waals surface area contributed by atoms with Gasteiger partial charge in [0.25, 0.3) is 0 Å². The van der Waals surface area contributed by atoms with Gasteiger partial charge in [0.05, 0.1) is 5.41 Å². The monoisotopic (exact) mass is 334 g/mol. The Morgan fingerprint density at radius 1 is 1.26 bits per heavy atom. The standard InChI is InChI=1S/C16H15BrOS/c17-13-9-14(19-11-13)10-15(18)16(7-4-8-16)12-5-2-1-3-6-12/h1-3,5-6,9,11H,4,7-8,10H2. The van der Waals surface area contributed by atoms with Crippen molar-refractivity contribution in [2.24, 2.45) is 0 Å². The molecule has 1 aromatic carbocycles. The molecular formula is C16H15BrOS. The molecule has 0 bridgehead atoms. The van der Waals surface area contributed by atoms with Gasteiger partial charge in [-0.3, -0.25) is 4.79 Å². The molecule has 3 heteroatoms. The number of hydrogen-bond donors (Lipinski definition) is 0. The van der Waals surface area contributed by atoms with E-state index in [-0.39, 0.29) is 5.41 Å². The van der Waals surface area contributed by atoms with Crippen LogP contribution in [0.5, 0.6) is 0 Å². The summed E-state index contributed by atoms with van der Waals surface area (Å²) in [5, 5.41) is 2.04. The summed E-state index contributed by atoms with van der Waals surface area (Å²) < 4.78 is 1.07. The van der Waals surface area contributed by atoms with Crippen LogP contribution in [0.2, 0.25) is 0 Å². The van der Waals surface area contributed by atoms with Crippen LogP contribution in [0.4, 0.5) is 0 Å². The van der Waals surface area contributed by atoms with Crippen LogP contribution < -0.4 is 0 Å². The topological polar surface area (TPSA) is 17.1 Å². The average Bonchev–Trinajstić information content (AvgIpc) is 2.75. The van der Waals surface area contributed by atoms with Gasteiger partial charge in [-0.1, -0.05) is 36.8 Å². The summed E-state index contributed by atoms with van der Waals surface area (Å²) in [7, 11) is 0. The van der Waals surface area contributed by atoms with Crippen molar-refractivity contribution in [1.29, 1.82) is 0 Å². The highest BCUT2D eigenvalue weighted by molar-refractivity contribution is 9.10. The van der Waals surface area contributed by atoms with E-state index in [2.05, 4.69) is 34.1 Å². The first-order valence-electron chi connectivity index (χ1n) is 6.52. The number of carbonyl (C=O) groups excluding carboxylic acids is 1. The van der Waals surface area contributed by atoms with Crippen molar-refractivity contribution in [2.75, 3.05) is 0 Å². The largest absolute Gasteiger partial charge is 0.298 e. The summed E-state index contributed by atoms with van der Waals surface area (Å²) >= 11 is 5.10. The van der Waals surface area contributed by atoms with Gasteiger partial charge in [-0.05, 0) is 40.4 Å². The second-order valence-corrected chi connectivity index (χ2v) is 7.04. The zero-order chi connectivity index (χ0) is 13.3. The molecule has 19 heavy (non-hydrogen) atoms. The minimum atomic E-state index is -0.211. The summed E-state index contributed by atoms with van der Waals surface area (Å²) in [5.41, 5.74) is 0.986. The molecule has 1 fully saturated rings. The third-order valence-corrected chi connectivity index (χ3v) is 5.72. The average molecular weight is 335 g/mol. The van der Waals surface area contributed by atoms with Gasteiger partial charge >= 0.3 is 0 Å². The van der Waals surface area contributed by atoms with Crippen LogP contribution in [0.15, 0.2) is 46.3 Å². The predicted molar refractivity (Wildman–Crippen MR) is 82.7 cm³/mol. The van der Waals surface area contributed by atoms with Gasteiger partial charge in [0, 0.05) is 21.2 Å². The quantitative estimate of drug-likeness (QED) is 0.788. The first-order valence-corrected chi connectivity index (χ1v) is 8.20. The fraction of sp³-hybridized carbons (Fsp3) is 0.312. The third kappa shape index (κ3) is 2.41. The fourth-order valence-corrected chi connectivity index (χ4v) is 4.24. The van der Waals surface area contributed by atoms with Crippen molar-refractivity contribution >= 4 is 33.0 Å². The van der Waals surface area contributed by atoms with Crippen LogP contribution in [0.25, 0.3) is 0 Å². The smallest absolute Gasteiger partial charge is 0.148 e. The van der Waals surface area contributed by atoms with Crippen molar-refractivity contribution in [3.63, 3.8) is 0 Å². The SMILES string of the molecule is O=C(Cc1cc(Br)cs1)C1(c2ccccc2)CCC1. The van der Waals surface area contributed by atoms with Crippen molar-refractivity contribution in [2.45, 2.75) is 31.1 Å². The number of rotatable bonds is 4. The van der Waals surface area contributed by atoms with Gasteiger partial charge in [-0.2, -0.15) is 0 Å². The summed E-state index contributed by atoms with van der Waals surface area (Å²) in [6.07, 6.45) is 3.73. The first kappa shape index (κ1) is 13.1. The lowest BCUT2D eigenvalue weighted by Crippen LogP contribution is -2.43. The minimum absolute atomic E-state index is 0.211. The number of benzene rings is 1. The maximum absolute atomic E-state index is 12.7. The zero-order valence-electron chi connectivity index (χ0n) is 10.6. The van der Waals surface area contributed by atoms with Crippen molar-refractivity contribution < 1.29 is 4.79 Å². The van der Waals surface area contributed by atoms with Crippen molar-refractivity contribution in [3.8, 4) is 0 Å². The normalized spacial score (nSPS) is 16.9. The molecule has 1 aliphatic carbocycles. The van der Waals surface area contributed by atoms with Gasteiger partial charge in [0.15, 0.2) is 0 Å². The maximum Gasteiger partial charge on any atom is 0.148 e. The lowest BCUT2D eigenvalue weighted by atomic mass is 9.61. The van der Waals surface area contributed by atoms with Crippen LogP contribution in [0, 0.1) is 0 Å². The molecule has 2 aromatic rings. The molecule has 0 amide bonds. The van der Waals surface area contributed by atoms with Crippen LogP contribution in [-0.4, -0.2) is 5.78 Å². The molecule has 1 saturated carbocycles. The highest BCUT2D eigenvalue weighted by atomic mass is 79.9. The zero-order valence-corrected chi connectivity index (χ0v) is 13.0. The second kappa shape index (κ2) is 5.22. The van der Waals surface area contributed by atoms with Crippen LogP contribution in [-0.2, 0) is 16.6 Å². The summed E-state index contributed by atoms with van der Waals surface area (Å²) in [5.74, 6) is 0.374. The predicted octanol–water partition coefficient (Wildman–Crippen LogP) is 4.74. The van der Waals surface area contributed by atoms with E-state index < -0.39 is 0 Å². The molecule has 0 radical (unpaired) electrons. The third-order valence-electron chi connectivity index (χ3n) is 4.02. The molecule has 0 unspecified atom stereocenters. The number of thiophene rings is 1. The number of halogens is 1. The van der Waals surface area contributed by atoms with E-state index in [1.165, 1.54) is 5.56 Å². The Hall–Kier alpha value is -0.930. The molecule has 0 atom stereocenters. The summed E-state index contributed by atoms with van der Waals surface area (Å²) in [6.45, 7) is 0. The van der Waals surface area contributed by atoms with E-state index >= 15 is 0 Å². The molecule has 1 heterocycles. The number of ketones is 1.